The van der Waals surface area contributed by atoms with Gasteiger partial charge in [-0.05, 0) is 12.1 Å². The maximum Gasteiger partial charge on any atom is 0.147 e. The van der Waals surface area contributed by atoms with Gasteiger partial charge in [0, 0.05) is 30.7 Å². The minimum Gasteiger partial charge on any atom is -0.494 e. The Morgan fingerprint density at radius 3 is 2.12 bits per heavy atom. The highest BCUT2D eigenvalue weighted by Crippen LogP contribution is 2.40. The molecule has 0 aliphatic carbocycles. The topological polar surface area (TPSA) is 33.7 Å². The third-order valence-corrected chi connectivity index (χ3v) is 3.34. The van der Waals surface area contributed by atoms with Crippen LogP contribution in [0.4, 0.5) is 5.69 Å². The first-order chi connectivity index (χ1) is 8.26. The van der Waals surface area contributed by atoms with Crippen molar-refractivity contribution in [3.05, 3.63) is 16.6 Å². The van der Waals surface area contributed by atoms with Gasteiger partial charge in [-0.15, -0.1) is 0 Å². The number of halogens is 1. The minimum absolute atomic E-state index is 0.845. The molecule has 0 unspecified atom stereocenters. The molecule has 1 aromatic carbocycles. The second kappa shape index (κ2) is 5.60. The number of rotatable bonds is 3. The Hall–Kier alpha value is -0.940. The van der Waals surface area contributed by atoms with Crippen molar-refractivity contribution in [1.29, 1.82) is 0 Å². The highest BCUT2D eigenvalue weighted by atomic mass is 79.9. The third-order valence-electron chi connectivity index (χ3n) is 2.88. The molecule has 1 aliphatic heterocycles. The fourth-order valence-electron chi connectivity index (χ4n) is 2.06. The molecule has 5 heteroatoms. The summed E-state index contributed by atoms with van der Waals surface area (Å²) in [7, 11) is 3.37. The number of ether oxygens (including phenoxy) is 2. The zero-order chi connectivity index (χ0) is 12.3. The van der Waals surface area contributed by atoms with Crippen molar-refractivity contribution in [2.75, 3.05) is 45.3 Å². The van der Waals surface area contributed by atoms with E-state index in [0.717, 1.165) is 47.8 Å². The summed E-state index contributed by atoms with van der Waals surface area (Å²) in [5.74, 6) is 1.69. The monoisotopic (exact) mass is 300 g/mol. The number of hydrogen-bond acceptors (Lipinski definition) is 4. The van der Waals surface area contributed by atoms with E-state index in [2.05, 4.69) is 26.1 Å². The van der Waals surface area contributed by atoms with Crippen LogP contribution in [0.1, 0.15) is 0 Å². The SMILES string of the molecule is COc1cc(Br)cc(OC)c1N1CCNCC1. The van der Waals surface area contributed by atoms with E-state index in [4.69, 9.17) is 9.47 Å². The number of piperazine rings is 1. The van der Waals surface area contributed by atoms with Gasteiger partial charge in [0.2, 0.25) is 0 Å². The quantitative estimate of drug-likeness (QED) is 0.924. The average Bonchev–Trinajstić information content (AvgIpc) is 2.38. The van der Waals surface area contributed by atoms with Gasteiger partial charge in [-0.3, -0.25) is 0 Å². The standard InChI is InChI=1S/C12H17BrN2O2/c1-16-10-7-9(13)8-11(17-2)12(10)15-5-3-14-4-6-15/h7-8,14H,3-6H2,1-2H3. The van der Waals surface area contributed by atoms with E-state index in [0.29, 0.717) is 0 Å². The highest BCUT2D eigenvalue weighted by Gasteiger charge is 2.20. The van der Waals surface area contributed by atoms with Gasteiger partial charge in [0.15, 0.2) is 0 Å². The Morgan fingerprint density at radius 2 is 1.65 bits per heavy atom. The number of hydrogen-bond donors (Lipinski definition) is 1. The molecule has 1 heterocycles. The number of benzene rings is 1. The van der Waals surface area contributed by atoms with Crippen LogP contribution in [0, 0.1) is 0 Å². The summed E-state index contributed by atoms with van der Waals surface area (Å²) in [4.78, 5) is 2.29. The predicted octanol–water partition coefficient (Wildman–Crippen LogP) is 1.88. The van der Waals surface area contributed by atoms with Gasteiger partial charge >= 0.3 is 0 Å². The molecule has 1 fully saturated rings. The van der Waals surface area contributed by atoms with E-state index in [9.17, 15) is 0 Å². The van der Waals surface area contributed by atoms with Crippen molar-refractivity contribution in [2.24, 2.45) is 0 Å². The summed E-state index contributed by atoms with van der Waals surface area (Å²) in [6.45, 7) is 3.91. The Labute approximate surface area is 110 Å². The van der Waals surface area contributed by atoms with Crippen molar-refractivity contribution < 1.29 is 9.47 Å². The van der Waals surface area contributed by atoms with Gasteiger partial charge < -0.3 is 19.7 Å². The number of nitrogens with zero attached hydrogens (tertiary/aromatic N) is 1. The van der Waals surface area contributed by atoms with Gasteiger partial charge in [-0.25, -0.2) is 0 Å². The number of methoxy groups -OCH3 is 2. The lowest BCUT2D eigenvalue weighted by molar-refractivity contribution is 0.391. The van der Waals surface area contributed by atoms with Crippen LogP contribution >= 0.6 is 15.9 Å². The van der Waals surface area contributed by atoms with Gasteiger partial charge in [-0.2, -0.15) is 0 Å². The lowest BCUT2D eigenvalue weighted by Gasteiger charge is -2.31. The van der Waals surface area contributed by atoms with Gasteiger partial charge in [0.25, 0.3) is 0 Å². The van der Waals surface area contributed by atoms with E-state index < -0.39 is 0 Å². The molecule has 1 aromatic rings. The fraction of sp³-hybridized carbons (Fsp3) is 0.500. The first-order valence-electron chi connectivity index (χ1n) is 5.63. The minimum atomic E-state index is 0.845. The highest BCUT2D eigenvalue weighted by molar-refractivity contribution is 9.10. The second-order valence-corrected chi connectivity index (χ2v) is 4.81. The molecule has 2 rings (SSSR count). The van der Waals surface area contributed by atoms with Crippen molar-refractivity contribution in [2.45, 2.75) is 0 Å². The summed E-state index contributed by atoms with van der Waals surface area (Å²) >= 11 is 3.46. The van der Waals surface area contributed by atoms with E-state index in [-0.39, 0.29) is 0 Å². The van der Waals surface area contributed by atoms with Crippen molar-refractivity contribution in [3.63, 3.8) is 0 Å². The zero-order valence-corrected chi connectivity index (χ0v) is 11.7. The van der Waals surface area contributed by atoms with E-state index in [1.165, 1.54) is 0 Å². The Balaban J connectivity index is 2.41. The van der Waals surface area contributed by atoms with Crippen LogP contribution in [-0.4, -0.2) is 40.4 Å². The summed E-state index contributed by atoms with van der Waals surface area (Å²) in [6.07, 6.45) is 0. The fourth-order valence-corrected chi connectivity index (χ4v) is 2.48. The maximum atomic E-state index is 5.45. The average molecular weight is 301 g/mol. The molecular weight excluding hydrogens is 284 g/mol. The lowest BCUT2D eigenvalue weighted by atomic mass is 10.2. The molecule has 17 heavy (non-hydrogen) atoms. The molecule has 0 saturated carbocycles. The van der Waals surface area contributed by atoms with Crippen LogP contribution in [0.5, 0.6) is 11.5 Å². The second-order valence-electron chi connectivity index (χ2n) is 3.90. The molecule has 0 radical (unpaired) electrons. The largest absolute Gasteiger partial charge is 0.494 e. The normalized spacial score (nSPS) is 15.8. The summed E-state index contributed by atoms with van der Waals surface area (Å²) in [5.41, 5.74) is 1.04. The molecular formula is C12H17BrN2O2. The summed E-state index contributed by atoms with van der Waals surface area (Å²) in [5, 5.41) is 3.34. The molecule has 1 saturated heterocycles. The number of nitrogens with one attached hydrogen (secondary N) is 1. The van der Waals surface area contributed by atoms with E-state index in [1.807, 2.05) is 12.1 Å². The zero-order valence-electron chi connectivity index (χ0n) is 10.1. The molecule has 0 aromatic heterocycles. The Bertz CT molecular complexity index is 367. The van der Waals surface area contributed by atoms with Crippen molar-refractivity contribution in [1.82, 2.24) is 5.32 Å². The number of anilines is 1. The van der Waals surface area contributed by atoms with Gasteiger partial charge in [0.05, 0.1) is 14.2 Å². The van der Waals surface area contributed by atoms with Crippen molar-refractivity contribution in [3.8, 4) is 11.5 Å². The van der Waals surface area contributed by atoms with Crippen LogP contribution in [0.25, 0.3) is 0 Å². The third kappa shape index (κ3) is 2.66. The predicted molar refractivity (Wildman–Crippen MR) is 72.3 cm³/mol. The molecule has 94 valence electrons. The molecule has 0 atom stereocenters. The van der Waals surface area contributed by atoms with E-state index in [1.54, 1.807) is 14.2 Å². The lowest BCUT2D eigenvalue weighted by Crippen LogP contribution is -2.43. The van der Waals surface area contributed by atoms with Gasteiger partial charge in [0.1, 0.15) is 17.2 Å². The van der Waals surface area contributed by atoms with Crippen LogP contribution < -0.4 is 19.7 Å². The molecule has 0 bridgehead atoms. The molecule has 0 amide bonds. The summed E-state index contributed by atoms with van der Waals surface area (Å²) in [6, 6.07) is 3.94. The van der Waals surface area contributed by atoms with Crippen LogP contribution in [0.15, 0.2) is 16.6 Å². The molecule has 1 N–H and O–H groups in total. The van der Waals surface area contributed by atoms with Crippen LogP contribution in [0.2, 0.25) is 0 Å². The maximum absolute atomic E-state index is 5.45. The van der Waals surface area contributed by atoms with Crippen LogP contribution in [-0.2, 0) is 0 Å². The van der Waals surface area contributed by atoms with Gasteiger partial charge in [-0.1, -0.05) is 15.9 Å². The Kier molecular flexibility index (Phi) is 4.12. The molecule has 1 aliphatic rings. The van der Waals surface area contributed by atoms with Crippen molar-refractivity contribution >= 4 is 21.6 Å². The van der Waals surface area contributed by atoms with Crippen LogP contribution in [0.3, 0.4) is 0 Å². The smallest absolute Gasteiger partial charge is 0.147 e. The molecule has 0 spiro atoms. The first kappa shape index (κ1) is 12.5. The first-order valence-corrected chi connectivity index (χ1v) is 6.42. The summed E-state index contributed by atoms with van der Waals surface area (Å²) < 4.78 is 11.9. The van der Waals surface area contributed by atoms with E-state index >= 15 is 0 Å². The molecule has 4 nitrogen and oxygen atoms in total. The Morgan fingerprint density at radius 1 is 1.12 bits per heavy atom.